The summed E-state index contributed by atoms with van der Waals surface area (Å²) in [6.45, 7) is 3.88. The van der Waals surface area contributed by atoms with Crippen LogP contribution in [0.1, 0.15) is 36.0 Å². The Morgan fingerprint density at radius 1 is 1.07 bits per heavy atom. The van der Waals surface area contributed by atoms with E-state index >= 15 is 0 Å². The molecule has 4 heterocycles. The Balaban J connectivity index is 1.29. The molecule has 0 aliphatic carbocycles. The molecule has 3 fully saturated rings. The van der Waals surface area contributed by atoms with Crippen LogP contribution in [-0.4, -0.2) is 54.1 Å². The molecule has 2 bridgehead atoms. The summed E-state index contributed by atoms with van der Waals surface area (Å²) in [6.07, 6.45) is 5.07. The van der Waals surface area contributed by atoms with Crippen LogP contribution in [0.15, 0.2) is 47.3 Å². The molecule has 3 N–H and O–H groups in total. The van der Waals surface area contributed by atoms with Gasteiger partial charge in [-0.25, -0.2) is 0 Å². The van der Waals surface area contributed by atoms with Crippen molar-refractivity contribution in [2.45, 2.75) is 37.8 Å². The Hall–Kier alpha value is -2.44. The highest BCUT2D eigenvalue weighted by molar-refractivity contribution is 5.94. The lowest BCUT2D eigenvalue weighted by Crippen LogP contribution is -2.65. The number of fused-ring (bicyclic) bond motifs is 4. The lowest BCUT2D eigenvalue weighted by atomic mass is 9.73. The number of amides is 1. The second-order valence-corrected chi connectivity index (χ2v) is 8.97. The number of nitrogens with one attached hydrogen (secondary N) is 3. The van der Waals surface area contributed by atoms with Gasteiger partial charge < -0.3 is 15.6 Å². The minimum Gasteiger partial charge on any atom is -0.350 e. The van der Waals surface area contributed by atoms with Crippen LogP contribution in [0.25, 0.3) is 11.3 Å². The first kappa shape index (κ1) is 19.5. The van der Waals surface area contributed by atoms with E-state index in [4.69, 9.17) is 0 Å². The molecule has 3 saturated heterocycles. The molecular formula is C24H30N4O2. The molecular weight excluding hydrogens is 376 g/mol. The van der Waals surface area contributed by atoms with Crippen molar-refractivity contribution >= 4 is 5.91 Å². The molecule has 4 atom stereocenters. The number of rotatable bonds is 4. The van der Waals surface area contributed by atoms with Crippen LogP contribution in [0.4, 0.5) is 0 Å². The van der Waals surface area contributed by atoms with Gasteiger partial charge in [0.15, 0.2) is 0 Å². The standard InChI is InChI=1S/C24H30N4O2/c29-23(19-9-10-20(27-24(19)30)16-6-2-1-3-7-16)26-15-22-18-12-17(13-25-14-18)21-8-4-5-11-28(21)22/h1-3,6-7,9-10,17-18,21-22,25H,4-5,8,11-15H2,(H,26,29)(H,27,30)/t17-,18+,21+,22+/m1/s1. The first-order valence-corrected chi connectivity index (χ1v) is 11.2. The van der Waals surface area contributed by atoms with Gasteiger partial charge in [0.1, 0.15) is 5.56 Å². The molecule has 1 aromatic carbocycles. The molecule has 1 amide bonds. The predicted octanol–water partition coefficient (Wildman–Crippen LogP) is 2.23. The van der Waals surface area contributed by atoms with E-state index in [-0.39, 0.29) is 17.0 Å². The molecule has 6 nitrogen and oxygen atoms in total. The maximum absolute atomic E-state index is 12.8. The van der Waals surface area contributed by atoms with E-state index in [2.05, 4.69) is 20.5 Å². The van der Waals surface area contributed by atoms with Crippen LogP contribution in [0.2, 0.25) is 0 Å². The van der Waals surface area contributed by atoms with Crippen LogP contribution in [0.3, 0.4) is 0 Å². The number of pyridine rings is 1. The molecule has 2 aromatic rings. The number of aromatic amines is 1. The molecule has 5 rings (SSSR count). The van der Waals surface area contributed by atoms with E-state index in [1.807, 2.05) is 36.4 Å². The topological polar surface area (TPSA) is 77.2 Å². The average molecular weight is 407 g/mol. The first-order chi connectivity index (χ1) is 14.7. The number of hydrogen-bond donors (Lipinski definition) is 3. The monoisotopic (exact) mass is 406 g/mol. The molecule has 3 aliphatic rings. The van der Waals surface area contributed by atoms with Gasteiger partial charge in [-0.05, 0) is 68.4 Å². The van der Waals surface area contributed by atoms with Gasteiger partial charge in [-0.1, -0.05) is 36.8 Å². The van der Waals surface area contributed by atoms with Crippen molar-refractivity contribution in [2.24, 2.45) is 11.8 Å². The molecule has 6 heteroatoms. The van der Waals surface area contributed by atoms with E-state index in [0.717, 1.165) is 36.8 Å². The number of carbonyl (C=O) groups is 1. The fraction of sp³-hybridized carbons (Fsp3) is 0.500. The summed E-state index contributed by atoms with van der Waals surface area (Å²) in [5, 5.41) is 6.68. The van der Waals surface area contributed by atoms with Crippen molar-refractivity contribution in [1.82, 2.24) is 20.5 Å². The zero-order valence-electron chi connectivity index (χ0n) is 17.3. The normalized spacial score (nSPS) is 28.5. The van der Waals surface area contributed by atoms with Crippen molar-refractivity contribution in [3.8, 4) is 11.3 Å². The van der Waals surface area contributed by atoms with Gasteiger partial charge in [-0.15, -0.1) is 0 Å². The van der Waals surface area contributed by atoms with E-state index in [1.54, 1.807) is 6.07 Å². The third-order valence-electron chi connectivity index (χ3n) is 7.24. The Labute approximate surface area is 177 Å². The van der Waals surface area contributed by atoms with Crippen LogP contribution < -0.4 is 16.2 Å². The largest absolute Gasteiger partial charge is 0.350 e. The molecule has 30 heavy (non-hydrogen) atoms. The number of nitrogens with zero attached hydrogens (tertiary/aromatic N) is 1. The minimum absolute atomic E-state index is 0.181. The summed E-state index contributed by atoms with van der Waals surface area (Å²) in [4.78, 5) is 30.9. The lowest BCUT2D eigenvalue weighted by molar-refractivity contribution is -0.0371. The van der Waals surface area contributed by atoms with Gasteiger partial charge in [-0.3, -0.25) is 14.5 Å². The molecule has 1 aromatic heterocycles. The lowest BCUT2D eigenvalue weighted by Gasteiger charge is -2.55. The van der Waals surface area contributed by atoms with Crippen molar-refractivity contribution in [3.63, 3.8) is 0 Å². The van der Waals surface area contributed by atoms with Crippen molar-refractivity contribution in [2.75, 3.05) is 26.2 Å². The van der Waals surface area contributed by atoms with Gasteiger partial charge in [0, 0.05) is 24.3 Å². The van der Waals surface area contributed by atoms with Crippen LogP contribution in [-0.2, 0) is 0 Å². The maximum Gasteiger partial charge on any atom is 0.261 e. The number of H-pyrrole nitrogens is 1. The summed E-state index contributed by atoms with van der Waals surface area (Å²) in [7, 11) is 0. The van der Waals surface area contributed by atoms with Gasteiger partial charge in [0.2, 0.25) is 0 Å². The van der Waals surface area contributed by atoms with Crippen LogP contribution in [0.5, 0.6) is 0 Å². The molecule has 158 valence electrons. The fourth-order valence-electron chi connectivity index (χ4n) is 5.78. The van der Waals surface area contributed by atoms with Crippen LogP contribution >= 0.6 is 0 Å². The number of benzene rings is 1. The zero-order chi connectivity index (χ0) is 20.5. The number of carbonyl (C=O) groups excluding carboxylic acids is 1. The molecule has 0 radical (unpaired) electrons. The van der Waals surface area contributed by atoms with Crippen molar-refractivity contribution in [3.05, 3.63) is 58.4 Å². The molecule has 0 spiro atoms. The highest BCUT2D eigenvalue weighted by atomic mass is 16.2. The zero-order valence-corrected chi connectivity index (χ0v) is 17.3. The number of piperidine rings is 3. The molecule has 0 saturated carbocycles. The SMILES string of the molecule is O=C(NC[C@H]1[C@@H]2CNC[C@@H](C2)[C@@H]2CCCCN21)c1ccc(-c2ccccc2)[nH]c1=O. The smallest absolute Gasteiger partial charge is 0.261 e. The quantitative estimate of drug-likeness (QED) is 0.728. The second kappa shape index (κ2) is 8.36. The summed E-state index contributed by atoms with van der Waals surface area (Å²) in [5.74, 6) is 1.02. The van der Waals surface area contributed by atoms with E-state index in [1.165, 1.54) is 25.7 Å². The Kier molecular flexibility index (Phi) is 5.44. The summed E-state index contributed by atoms with van der Waals surface area (Å²) in [5.41, 5.74) is 1.49. The fourth-order valence-corrected chi connectivity index (χ4v) is 5.78. The minimum atomic E-state index is -0.340. The first-order valence-electron chi connectivity index (χ1n) is 11.2. The van der Waals surface area contributed by atoms with E-state index < -0.39 is 0 Å². The Morgan fingerprint density at radius 3 is 2.73 bits per heavy atom. The van der Waals surface area contributed by atoms with Gasteiger partial charge in [-0.2, -0.15) is 0 Å². The van der Waals surface area contributed by atoms with Gasteiger partial charge in [0.05, 0.1) is 0 Å². The molecule has 3 aliphatic heterocycles. The van der Waals surface area contributed by atoms with Gasteiger partial charge >= 0.3 is 0 Å². The predicted molar refractivity (Wildman–Crippen MR) is 117 cm³/mol. The summed E-state index contributed by atoms with van der Waals surface area (Å²) in [6, 6.07) is 14.1. The summed E-state index contributed by atoms with van der Waals surface area (Å²) >= 11 is 0. The highest BCUT2D eigenvalue weighted by Crippen LogP contribution is 2.38. The number of aromatic nitrogens is 1. The Morgan fingerprint density at radius 2 is 1.90 bits per heavy atom. The Bertz CT molecular complexity index is 957. The third-order valence-corrected chi connectivity index (χ3v) is 7.24. The van der Waals surface area contributed by atoms with E-state index in [9.17, 15) is 9.59 Å². The summed E-state index contributed by atoms with van der Waals surface area (Å²) < 4.78 is 0. The van der Waals surface area contributed by atoms with Crippen molar-refractivity contribution in [1.29, 1.82) is 0 Å². The second-order valence-electron chi connectivity index (χ2n) is 8.97. The van der Waals surface area contributed by atoms with Gasteiger partial charge in [0.25, 0.3) is 11.5 Å². The highest BCUT2D eigenvalue weighted by Gasteiger charge is 2.45. The van der Waals surface area contributed by atoms with Crippen molar-refractivity contribution < 1.29 is 4.79 Å². The third kappa shape index (κ3) is 3.70. The average Bonchev–Trinajstić information content (AvgIpc) is 2.79. The molecule has 0 unspecified atom stereocenters. The maximum atomic E-state index is 12.8. The van der Waals surface area contributed by atoms with Crippen LogP contribution in [0, 0.1) is 11.8 Å². The number of hydrogen-bond acceptors (Lipinski definition) is 4. The van der Waals surface area contributed by atoms with E-state index in [0.29, 0.717) is 24.5 Å².